The first-order valence-corrected chi connectivity index (χ1v) is 7.72. The van der Waals surface area contributed by atoms with Crippen LogP contribution in [0.3, 0.4) is 0 Å². The van der Waals surface area contributed by atoms with Gasteiger partial charge in [-0.15, -0.1) is 11.3 Å². The SMILES string of the molecule is Cc1ccc(C(=O)CCC(=O)OC(C)c2ccccc2)s1. The molecule has 0 amide bonds. The molecular formula is C17H18O3S. The highest BCUT2D eigenvalue weighted by atomic mass is 32.1. The molecule has 110 valence electrons. The normalized spacial score (nSPS) is 11.9. The molecule has 0 N–H and O–H groups in total. The van der Waals surface area contributed by atoms with Gasteiger partial charge >= 0.3 is 5.97 Å². The van der Waals surface area contributed by atoms with Gasteiger partial charge in [0, 0.05) is 11.3 Å². The van der Waals surface area contributed by atoms with Gasteiger partial charge in [-0.05, 0) is 31.5 Å². The van der Waals surface area contributed by atoms with Crippen LogP contribution >= 0.6 is 11.3 Å². The van der Waals surface area contributed by atoms with Crippen molar-refractivity contribution in [2.75, 3.05) is 0 Å². The zero-order chi connectivity index (χ0) is 15.2. The Balaban J connectivity index is 1.81. The lowest BCUT2D eigenvalue weighted by molar-refractivity contribution is -0.148. The van der Waals surface area contributed by atoms with Gasteiger partial charge in [0.1, 0.15) is 6.10 Å². The Bertz CT molecular complexity index is 616. The Morgan fingerprint density at radius 1 is 1.10 bits per heavy atom. The smallest absolute Gasteiger partial charge is 0.306 e. The third kappa shape index (κ3) is 4.53. The third-order valence-corrected chi connectivity index (χ3v) is 4.19. The summed E-state index contributed by atoms with van der Waals surface area (Å²) in [4.78, 5) is 25.5. The molecule has 0 fully saturated rings. The lowest BCUT2D eigenvalue weighted by Gasteiger charge is -2.13. The second-order valence-electron chi connectivity index (χ2n) is 4.88. The predicted octanol–water partition coefficient (Wildman–Crippen LogP) is 4.32. The van der Waals surface area contributed by atoms with Crippen LogP contribution in [0.1, 0.15) is 46.0 Å². The van der Waals surface area contributed by atoms with Crippen molar-refractivity contribution in [1.29, 1.82) is 0 Å². The Morgan fingerprint density at radius 3 is 2.43 bits per heavy atom. The summed E-state index contributed by atoms with van der Waals surface area (Å²) in [5.41, 5.74) is 0.950. The van der Waals surface area contributed by atoms with Crippen molar-refractivity contribution in [3.8, 4) is 0 Å². The Morgan fingerprint density at radius 2 is 1.81 bits per heavy atom. The molecule has 21 heavy (non-hydrogen) atoms. The Hall–Kier alpha value is -1.94. The van der Waals surface area contributed by atoms with Gasteiger partial charge in [0.2, 0.25) is 0 Å². The summed E-state index contributed by atoms with van der Waals surface area (Å²) in [7, 11) is 0. The van der Waals surface area contributed by atoms with E-state index in [1.165, 1.54) is 11.3 Å². The van der Waals surface area contributed by atoms with Crippen molar-refractivity contribution in [2.45, 2.75) is 32.8 Å². The quantitative estimate of drug-likeness (QED) is 0.589. The molecule has 0 aliphatic heterocycles. The molecule has 2 rings (SSSR count). The van der Waals surface area contributed by atoms with E-state index in [2.05, 4.69) is 0 Å². The number of aryl methyl sites for hydroxylation is 1. The number of ketones is 1. The van der Waals surface area contributed by atoms with Crippen molar-refractivity contribution in [2.24, 2.45) is 0 Å². The van der Waals surface area contributed by atoms with E-state index in [-0.39, 0.29) is 30.7 Å². The molecule has 2 aromatic rings. The van der Waals surface area contributed by atoms with Gasteiger partial charge in [-0.3, -0.25) is 9.59 Å². The minimum atomic E-state index is -0.340. The second kappa shape index (κ2) is 7.18. The van der Waals surface area contributed by atoms with Crippen LogP contribution in [0, 0.1) is 6.92 Å². The van der Waals surface area contributed by atoms with Gasteiger partial charge in [-0.2, -0.15) is 0 Å². The van der Waals surface area contributed by atoms with Crippen LogP contribution in [0.5, 0.6) is 0 Å². The van der Waals surface area contributed by atoms with Crippen molar-refractivity contribution in [3.63, 3.8) is 0 Å². The van der Waals surface area contributed by atoms with E-state index in [0.29, 0.717) is 4.88 Å². The maximum atomic E-state index is 11.9. The van der Waals surface area contributed by atoms with Crippen molar-refractivity contribution >= 4 is 23.1 Å². The standard InChI is InChI=1S/C17H18O3S/c1-12-8-10-16(21-12)15(18)9-11-17(19)20-13(2)14-6-4-3-5-7-14/h3-8,10,13H,9,11H2,1-2H3. The third-order valence-electron chi connectivity index (χ3n) is 3.15. The van der Waals surface area contributed by atoms with Crippen LogP contribution in [-0.2, 0) is 9.53 Å². The number of esters is 1. The molecule has 3 nitrogen and oxygen atoms in total. The fourth-order valence-corrected chi connectivity index (χ4v) is 2.81. The first kappa shape index (κ1) is 15.4. The molecule has 1 heterocycles. The molecule has 0 saturated carbocycles. The maximum Gasteiger partial charge on any atom is 0.306 e. The predicted molar refractivity (Wildman–Crippen MR) is 83.6 cm³/mol. The number of benzene rings is 1. The van der Waals surface area contributed by atoms with Gasteiger partial charge < -0.3 is 4.74 Å². The topological polar surface area (TPSA) is 43.4 Å². The molecule has 0 aliphatic carbocycles. The van der Waals surface area contributed by atoms with Crippen molar-refractivity contribution < 1.29 is 14.3 Å². The summed E-state index contributed by atoms with van der Waals surface area (Å²) < 4.78 is 5.34. The number of hydrogen-bond donors (Lipinski definition) is 0. The molecule has 1 unspecified atom stereocenters. The summed E-state index contributed by atoms with van der Waals surface area (Å²) in [6.45, 7) is 3.79. The number of rotatable bonds is 6. The first-order valence-electron chi connectivity index (χ1n) is 6.90. The molecule has 1 aromatic carbocycles. The molecule has 1 aromatic heterocycles. The number of Topliss-reactive ketones (excluding diaryl/α,β-unsaturated/α-hetero) is 1. The van der Waals surface area contributed by atoms with E-state index in [9.17, 15) is 9.59 Å². The van der Waals surface area contributed by atoms with Gasteiger partial charge in [0.25, 0.3) is 0 Å². The molecule has 0 radical (unpaired) electrons. The van der Waals surface area contributed by atoms with Crippen LogP contribution in [0.4, 0.5) is 0 Å². The minimum absolute atomic E-state index is 0.00239. The van der Waals surface area contributed by atoms with E-state index < -0.39 is 0 Å². The van der Waals surface area contributed by atoms with E-state index in [0.717, 1.165) is 10.4 Å². The second-order valence-corrected chi connectivity index (χ2v) is 6.16. The lowest BCUT2D eigenvalue weighted by Crippen LogP contribution is -2.10. The number of ether oxygens (including phenoxy) is 1. The molecule has 0 saturated heterocycles. The van der Waals surface area contributed by atoms with Crippen LogP contribution in [0.2, 0.25) is 0 Å². The Labute approximate surface area is 128 Å². The highest BCUT2D eigenvalue weighted by Gasteiger charge is 2.14. The van der Waals surface area contributed by atoms with Crippen molar-refractivity contribution in [1.82, 2.24) is 0 Å². The number of carbonyl (C=O) groups excluding carboxylic acids is 2. The van der Waals surface area contributed by atoms with E-state index in [1.807, 2.05) is 50.2 Å². The van der Waals surface area contributed by atoms with Gasteiger partial charge in [-0.25, -0.2) is 0 Å². The molecule has 4 heteroatoms. The molecular weight excluding hydrogens is 284 g/mol. The van der Waals surface area contributed by atoms with Gasteiger partial charge in [0.15, 0.2) is 5.78 Å². The average molecular weight is 302 g/mol. The van der Waals surface area contributed by atoms with Crippen LogP contribution < -0.4 is 0 Å². The maximum absolute atomic E-state index is 11.9. The van der Waals surface area contributed by atoms with Crippen molar-refractivity contribution in [3.05, 3.63) is 57.8 Å². The Kier molecular flexibility index (Phi) is 5.28. The monoisotopic (exact) mass is 302 g/mol. The number of thiophene rings is 1. The summed E-state index contributed by atoms with van der Waals surface area (Å²) in [6, 6.07) is 13.3. The fraction of sp³-hybridized carbons (Fsp3) is 0.294. The molecule has 1 atom stereocenters. The summed E-state index contributed by atoms with van der Waals surface area (Å²) in [6.07, 6.45) is 0.0190. The van der Waals surface area contributed by atoms with Gasteiger partial charge in [-0.1, -0.05) is 30.3 Å². The summed E-state index contributed by atoms with van der Waals surface area (Å²) >= 11 is 1.46. The summed E-state index contributed by atoms with van der Waals surface area (Å²) in [5.74, 6) is -0.342. The van der Waals surface area contributed by atoms with Crippen LogP contribution in [0.25, 0.3) is 0 Å². The highest BCUT2D eigenvalue weighted by molar-refractivity contribution is 7.14. The zero-order valence-electron chi connectivity index (χ0n) is 12.2. The highest BCUT2D eigenvalue weighted by Crippen LogP contribution is 2.19. The minimum Gasteiger partial charge on any atom is -0.458 e. The number of hydrogen-bond acceptors (Lipinski definition) is 4. The van der Waals surface area contributed by atoms with E-state index in [4.69, 9.17) is 4.74 Å². The largest absolute Gasteiger partial charge is 0.458 e. The summed E-state index contributed by atoms with van der Waals surface area (Å²) in [5, 5.41) is 0. The first-order chi connectivity index (χ1) is 10.1. The molecule has 0 bridgehead atoms. The molecule has 0 aliphatic rings. The molecule has 0 spiro atoms. The van der Waals surface area contributed by atoms with Gasteiger partial charge in [0.05, 0.1) is 11.3 Å². The van der Waals surface area contributed by atoms with E-state index in [1.54, 1.807) is 6.07 Å². The van der Waals surface area contributed by atoms with Crippen LogP contribution in [0.15, 0.2) is 42.5 Å². The zero-order valence-corrected chi connectivity index (χ0v) is 13.0. The van der Waals surface area contributed by atoms with E-state index >= 15 is 0 Å². The number of carbonyl (C=O) groups is 2. The fourth-order valence-electron chi connectivity index (χ4n) is 1.97. The van der Waals surface area contributed by atoms with Crippen LogP contribution in [-0.4, -0.2) is 11.8 Å². The lowest BCUT2D eigenvalue weighted by atomic mass is 10.1. The average Bonchev–Trinajstić information content (AvgIpc) is 2.92.